The zero-order valence-electron chi connectivity index (χ0n) is 33.8. The van der Waals surface area contributed by atoms with Crippen LogP contribution in [0, 0.1) is 11.6 Å². The van der Waals surface area contributed by atoms with Crippen molar-refractivity contribution in [2.24, 2.45) is 5.73 Å². The number of hydrogen-bond donors (Lipinski definition) is 3. The first kappa shape index (κ1) is 43.5. The molecule has 0 aliphatic carbocycles. The minimum absolute atomic E-state index is 0. The monoisotopic (exact) mass is 848 g/mol. The number of amides is 5. The molecule has 0 spiro atoms. The highest BCUT2D eigenvalue weighted by atomic mass is 19.1. The Balaban J connectivity index is 0.000000268. The highest BCUT2D eigenvalue weighted by molar-refractivity contribution is 6.06. The van der Waals surface area contributed by atoms with E-state index in [0.29, 0.717) is 33.9 Å². The first-order valence-electron chi connectivity index (χ1n) is 19.1. The van der Waals surface area contributed by atoms with Crippen LogP contribution in [0.5, 0.6) is 23.0 Å². The second kappa shape index (κ2) is 20.3. The Morgan fingerprint density at radius 3 is 1.87 bits per heavy atom. The predicted molar refractivity (Wildman–Crippen MR) is 217 cm³/mol. The van der Waals surface area contributed by atoms with Gasteiger partial charge in [0.25, 0.3) is 11.8 Å². The number of nitrogens with two attached hydrogens (primary N) is 1. The van der Waals surface area contributed by atoms with E-state index < -0.39 is 72.0 Å². The van der Waals surface area contributed by atoms with Gasteiger partial charge < -0.3 is 39.6 Å². The molecule has 7 rings (SSSR count). The van der Waals surface area contributed by atoms with Crippen LogP contribution < -0.4 is 30.0 Å². The Morgan fingerprint density at radius 2 is 1.38 bits per heavy atom. The van der Waals surface area contributed by atoms with Gasteiger partial charge >= 0.3 is 5.97 Å². The van der Waals surface area contributed by atoms with Crippen LogP contribution in [0.4, 0.5) is 8.78 Å². The molecule has 0 saturated carbocycles. The molecule has 3 heterocycles. The third kappa shape index (κ3) is 10.4. The summed E-state index contributed by atoms with van der Waals surface area (Å²) in [7, 11) is 2.94. The minimum atomic E-state index is -2.23. The molecule has 5 amide bonds. The van der Waals surface area contributed by atoms with Gasteiger partial charge in [-0.25, -0.2) is 8.78 Å². The van der Waals surface area contributed by atoms with Crippen molar-refractivity contribution in [3.8, 4) is 23.0 Å². The Morgan fingerprint density at radius 1 is 0.852 bits per heavy atom. The number of carboxylic acid groups (broad SMARTS) is 1. The Hall–Kier alpha value is -7.04. The highest BCUT2D eigenvalue weighted by Crippen LogP contribution is 2.35. The molecule has 0 bridgehead atoms. The number of fused-ring (bicyclic) bond motifs is 2. The molecule has 0 unspecified atom stereocenters. The number of rotatable bonds is 14. The van der Waals surface area contributed by atoms with Crippen LogP contribution in [0.2, 0.25) is 0 Å². The second-order valence-corrected chi connectivity index (χ2v) is 13.4. The van der Waals surface area contributed by atoms with Crippen molar-refractivity contribution in [1.29, 1.82) is 0 Å². The Bertz CT molecular complexity index is 2440. The number of carbonyl (C=O) groups is 6. The number of nitrogens with one attached hydrogen (secondary N) is 1. The predicted octanol–water partition coefficient (Wildman–Crippen LogP) is 5.53. The molecule has 15 nitrogen and oxygen atoms in total. The van der Waals surface area contributed by atoms with Crippen molar-refractivity contribution in [3.05, 3.63) is 118 Å². The first-order chi connectivity index (χ1) is 29.0. The molecule has 0 aromatic heterocycles. The third-order valence-electron chi connectivity index (χ3n) is 9.74. The molecule has 4 N–H and O–H groups in total. The van der Waals surface area contributed by atoms with Gasteiger partial charge in [-0.15, -0.1) is 0 Å². The van der Waals surface area contributed by atoms with Gasteiger partial charge in [0.2, 0.25) is 17.7 Å². The maximum Gasteiger partial charge on any atom is 0.303 e. The van der Waals surface area contributed by atoms with Crippen LogP contribution in [-0.2, 0) is 45.5 Å². The van der Waals surface area contributed by atoms with Crippen molar-refractivity contribution in [2.45, 2.75) is 78.9 Å². The van der Waals surface area contributed by atoms with Crippen LogP contribution in [0.15, 0.2) is 72.8 Å². The molecule has 4 aromatic carbocycles. The summed E-state index contributed by atoms with van der Waals surface area (Å²) >= 11 is 0. The van der Waals surface area contributed by atoms with Gasteiger partial charge in [-0.3, -0.25) is 34.1 Å². The Labute approximate surface area is 354 Å². The summed E-state index contributed by atoms with van der Waals surface area (Å²) in [6, 6.07) is 13.9. The molecule has 3 aliphatic heterocycles. The van der Waals surface area contributed by atoms with E-state index in [1.165, 1.54) is 56.7 Å². The number of carbonyl (C=O) groups excluding carboxylic acids is 5. The van der Waals surface area contributed by atoms with Gasteiger partial charge in [-0.2, -0.15) is 0 Å². The van der Waals surface area contributed by atoms with Gasteiger partial charge in [-0.05, 0) is 73.5 Å². The summed E-state index contributed by atoms with van der Waals surface area (Å²) in [6.45, 7) is -0.420. The molecule has 1 fully saturated rings. The van der Waals surface area contributed by atoms with E-state index in [-0.39, 0.29) is 76.4 Å². The fourth-order valence-electron chi connectivity index (χ4n) is 6.68. The molecule has 1 saturated heterocycles. The Kier molecular flexibility index (Phi) is 14.5. The van der Waals surface area contributed by atoms with Crippen LogP contribution in [0.25, 0.3) is 0 Å². The van der Waals surface area contributed by atoms with Gasteiger partial charge in [0.1, 0.15) is 59.9 Å². The smallest absolute Gasteiger partial charge is 0.303 e. The third-order valence-corrected chi connectivity index (χ3v) is 9.74. The van der Waals surface area contributed by atoms with Gasteiger partial charge in [0, 0.05) is 46.2 Å². The van der Waals surface area contributed by atoms with E-state index in [1.807, 2.05) is 0 Å². The largest absolute Gasteiger partial charge is 0.497 e. The zero-order valence-corrected chi connectivity index (χ0v) is 31.8. The van der Waals surface area contributed by atoms with Crippen LogP contribution in [0.3, 0.4) is 0 Å². The van der Waals surface area contributed by atoms with E-state index in [0.717, 1.165) is 9.80 Å². The summed E-state index contributed by atoms with van der Waals surface area (Å²) in [5.41, 5.74) is 7.32. The number of aliphatic carboxylic acids is 1. The van der Waals surface area contributed by atoms with Crippen LogP contribution >= 0.6 is 0 Å². The maximum atomic E-state index is 14.1. The van der Waals surface area contributed by atoms with Crippen LogP contribution in [0.1, 0.15) is 86.2 Å². The SMILES string of the molecule is C.C.[2H][C@@](CCC(=O)O)(C(N)=O)N1Cc2c(OCc3cc(OC)ccc3F)cccc2C1=O.[2H][C@@]1(N2Cc3c(OCc4cc(OC)ccc4F)cccc3C2=O)CCC(=O)NC1=O. The van der Waals surface area contributed by atoms with Crippen molar-refractivity contribution in [3.63, 3.8) is 0 Å². The van der Waals surface area contributed by atoms with Crippen molar-refractivity contribution < 1.29 is 64.3 Å². The number of imide groups is 1. The quantitative estimate of drug-likeness (QED) is 0.135. The number of primary amides is 1. The summed E-state index contributed by atoms with van der Waals surface area (Å²) in [4.78, 5) is 74.5. The fourth-order valence-corrected chi connectivity index (χ4v) is 6.68. The average molecular weight is 849 g/mol. The van der Waals surface area contributed by atoms with Gasteiger partial charge in [0.05, 0.1) is 30.1 Å². The lowest BCUT2D eigenvalue weighted by Gasteiger charge is -2.29. The number of ether oxygens (including phenoxy) is 4. The standard InChI is InChI=1S/C21H21FN2O6.C21H19FN2O5.2CH4/c1-29-13-5-6-16(22)12(9-13)11-30-18-4-2-3-14-15(18)10-24(21(14)28)17(20(23)27)7-8-19(25)26;1-28-13-5-6-16(22)12(9-13)11-29-18-4-2-3-14-15(18)10-24(21(14)27)17-7-8-19(25)23-20(17)26;;/h2-6,9,17H,7-8,10-11H2,1H3,(H2,23,27)(H,25,26);2-6,9,17H,7-8,10-11H2,1H3,(H,23,25,26);2*1H4/t2*17-;;/m11../s1/i2*17D;;. The first-order valence-corrected chi connectivity index (χ1v) is 18.1. The number of methoxy groups -OCH3 is 2. The van der Waals surface area contributed by atoms with E-state index in [1.54, 1.807) is 30.3 Å². The van der Waals surface area contributed by atoms with Crippen molar-refractivity contribution >= 4 is 35.5 Å². The molecule has 3 aliphatic rings. The summed E-state index contributed by atoms with van der Waals surface area (Å²) in [5, 5.41) is 11.1. The lowest BCUT2D eigenvalue weighted by atomic mass is 10.0. The van der Waals surface area contributed by atoms with Crippen molar-refractivity contribution in [1.82, 2.24) is 15.1 Å². The van der Waals surface area contributed by atoms with Gasteiger partial charge in [-0.1, -0.05) is 27.0 Å². The number of benzene rings is 4. The topological polar surface area (TPSA) is 204 Å². The summed E-state index contributed by atoms with van der Waals surface area (Å²) in [5.74, 6) is -4.09. The maximum absolute atomic E-state index is 14.1. The second-order valence-electron chi connectivity index (χ2n) is 13.4. The number of nitrogens with zero attached hydrogens (tertiary/aromatic N) is 2. The van der Waals surface area contributed by atoms with E-state index in [9.17, 15) is 37.5 Å². The number of halogens is 2. The normalized spacial score (nSPS) is 17.7. The van der Waals surface area contributed by atoms with Gasteiger partial charge in [0.15, 0.2) is 0 Å². The molecule has 17 heteroatoms. The van der Waals surface area contributed by atoms with E-state index in [4.69, 9.17) is 32.5 Å². The van der Waals surface area contributed by atoms with Crippen molar-refractivity contribution in [2.75, 3.05) is 14.2 Å². The molecule has 0 radical (unpaired) electrons. The summed E-state index contributed by atoms with van der Waals surface area (Å²) in [6.07, 6.45) is -1.07. The number of hydrogen-bond acceptors (Lipinski definition) is 10. The molecular formula is C44H48F2N4O11. The molecule has 61 heavy (non-hydrogen) atoms. The zero-order chi connectivity index (χ0) is 44.2. The lowest BCUT2D eigenvalue weighted by molar-refractivity contribution is -0.138. The molecule has 2 atom stereocenters. The lowest BCUT2D eigenvalue weighted by Crippen LogP contribution is -2.52. The van der Waals surface area contributed by atoms with E-state index in [2.05, 4.69) is 5.32 Å². The summed E-state index contributed by atoms with van der Waals surface area (Å²) < 4.78 is 66.8. The fraction of sp³-hybridized carbons (Fsp3) is 0.318. The highest BCUT2D eigenvalue weighted by Gasteiger charge is 2.40. The molecule has 4 aromatic rings. The molecular weight excluding hydrogens is 798 g/mol. The van der Waals surface area contributed by atoms with E-state index >= 15 is 0 Å². The molecule has 324 valence electrons. The minimum Gasteiger partial charge on any atom is -0.497 e. The number of piperidine rings is 1. The number of carboxylic acids is 1. The van der Waals surface area contributed by atoms with Crippen LogP contribution in [-0.4, -0.2) is 76.7 Å². The average Bonchev–Trinajstić information content (AvgIpc) is 3.78.